The van der Waals surface area contributed by atoms with Crippen LogP contribution in [0.4, 0.5) is 0 Å². The van der Waals surface area contributed by atoms with Gasteiger partial charge in [0.25, 0.3) is 5.91 Å². The summed E-state index contributed by atoms with van der Waals surface area (Å²) in [7, 11) is 0. The normalized spacial score (nSPS) is 11.8. The van der Waals surface area contributed by atoms with E-state index in [-0.39, 0.29) is 12.3 Å². The second kappa shape index (κ2) is 8.46. The Balaban J connectivity index is 2.04. The molecule has 0 spiro atoms. The number of thiazole rings is 1. The van der Waals surface area contributed by atoms with Crippen molar-refractivity contribution in [3.8, 4) is 10.6 Å². The first-order chi connectivity index (χ1) is 11.4. The number of amides is 1. The topological polar surface area (TPSA) is 68.3 Å². The fourth-order valence-corrected chi connectivity index (χ4v) is 3.54. The van der Waals surface area contributed by atoms with Gasteiger partial charge in [0.1, 0.15) is 5.01 Å². The molecule has 1 N–H and O–H groups in total. The summed E-state index contributed by atoms with van der Waals surface area (Å²) in [5.74, 6) is -0.844. The molecular formula is C16H16Cl2N2O3S. The molecule has 0 saturated carbocycles. The van der Waals surface area contributed by atoms with E-state index in [0.29, 0.717) is 32.9 Å². The molecule has 1 atom stereocenters. The minimum Gasteiger partial charge on any atom is -0.452 e. The van der Waals surface area contributed by atoms with Crippen molar-refractivity contribution in [2.75, 3.05) is 6.54 Å². The van der Waals surface area contributed by atoms with E-state index in [1.165, 1.54) is 18.3 Å². The van der Waals surface area contributed by atoms with Crippen molar-refractivity contribution >= 4 is 46.4 Å². The summed E-state index contributed by atoms with van der Waals surface area (Å²) in [6, 6.07) is 5.21. The number of carbonyl (C=O) groups is 2. The first kappa shape index (κ1) is 18.7. The van der Waals surface area contributed by atoms with Crippen LogP contribution in [0, 0.1) is 0 Å². The molecule has 1 aromatic carbocycles. The van der Waals surface area contributed by atoms with Gasteiger partial charge in [0.05, 0.1) is 22.2 Å². The molecule has 1 amide bonds. The summed E-state index contributed by atoms with van der Waals surface area (Å²) in [4.78, 5) is 27.9. The molecule has 0 aliphatic carbocycles. The lowest BCUT2D eigenvalue weighted by Crippen LogP contribution is -2.35. The molecule has 0 fully saturated rings. The maximum Gasteiger partial charge on any atom is 0.312 e. The summed E-state index contributed by atoms with van der Waals surface area (Å²) in [5.41, 5.74) is 1.18. The summed E-state index contributed by atoms with van der Waals surface area (Å²) < 4.78 is 5.09. The largest absolute Gasteiger partial charge is 0.452 e. The van der Waals surface area contributed by atoms with Crippen LogP contribution in [0.15, 0.2) is 23.6 Å². The highest BCUT2D eigenvalue weighted by Gasteiger charge is 2.19. The van der Waals surface area contributed by atoms with Gasteiger partial charge in [-0.05, 0) is 26.0 Å². The minimum absolute atomic E-state index is 0.0255. The van der Waals surface area contributed by atoms with Gasteiger partial charge in [0, 0.05) is 17.5 Å². The third-order valence-electron chi connectivity index (χ3n) is 3.08. The Morgan fingerprint density at radius 3 is 2.62 bits per heavy atom. The maximum absolute atomic E-state index is 11.9. The summed E-state index contributed by atoms with van der Waals surface area (Å²) in [5, 5.41) is 5.96. The van der Waals surface area contributed by atoms with Crippen LogP contribution < -0.4 is 5.32 Å². The number of aromatic nitrogens is 1. The van der Waals surface area contributed by atoms with E-state index in [1.54, 1.807) is 30.5 Å². The number of benzene rings is 1. The summed E-state index contributed by atoms with van der Waals surface area (Å²) in [6.45, 7) is 3.80. The molecule has 1 heterocycles. The van der Waals surface area contributed by atoms with Crippen LogP contribution in [0.3, 0.4) is 0 Å². The van der Waals surface area contributed by atoms with Crippen molar-refractivity contribution < 1.29 is 14.3 Å². The Morgan fingerprint density at radius 2 is 2.00 bits per heavy atom. The zero-order chi connectivity index (χ0) is 17.7. The minimum atomic E-state index is -0.839. The second-order valence-electron chi connectivity index (χ2n) is 4.94. The number of hydrogen-bond acceptors (Lipinski definition) is 5. The molecule has 0 aliphatic rings. The molecule has 2 aromatic rings. The lowest BCUT2D eigenvalue weighted by Gasteiger charge is -2.11. The van der Waals surface area contributed by atoms with Crippen LogP contribution in [-0.4, -0.2) is 29.5 Å². The standard InChI is InChI=1S/C16H16Cl2N2O3S/c1-3-19-15(22)9(2)23-13(21)7-10-8-24-16(20-10)14-11(17)5-4-6-12(14)18/h4-6,8-9H,3,7H2,1-2H3,(H,19,22)/t9-/m1/s1. The smallest absolute Gasteiger partial charge is 0.312 e. The molecule has 2 rings (SSSR count). The molecule has 0 bridgehead atoms. The molecule has 0 radical (unpaired) electrons. The second-order valence-corrected chi connectivity index (χ2v) is 6.62. The van der Waals surface area contributed by atoms with E-state index >= 15 is 0 Å². The van der Waals surface area contributed by atoms with Crippen LogP contribution in [-0.2, 0) is 20.7 Å². The number of nitrogens with one attached hydrogen (secondary N) is 1. The Kier molecular flexibility index (Phi) is 6.60. The van der Waals surface area contributed by atoms with Gasteiger partial charge in [-0.2, -0.15) is 0 Å². The van der Waals surface area contributed by atoms with Gasteiger partial charge in [0.15, 0.2) is 6.10 Å². The summed E-state index contributed by atoms with van der Waals surface area (Å²) in [6.07, 6.45) is -0.865. The third-order valence-corrected chi connectivity index (χ3v) is 4.62. The van der Waals surface area contributed by atoms with Crippen LogP contribution in [0.1, 0.15) is 19.5 Å². The number of ether oxygens (including phenoxy) is 1. The van der Waals surface area contributed by atoms with Gasteiger partial charge in [-0.1, -0.05) is 29.3 Å². The van der Waals surface area contributed by atoms with Crippen LogP contribution in [0.2, 0.25) is 10.0 Å². The highest BCUT2D eigenvalue weighted by atomic mass is 35.5. The molecule has 8 heteroatoms. The van der Waals surface area contributed by atoms with Gasteiger partial charge in [-0.15, -0.1) is 11.3 Å². The number of rotatable bonds is 6. The Morgan fingerprint density at radius 1 is 1.33 bits per heavy atom. The van der Waals surface area contributed by atoms with Crippen LogP contribution in [0.5, 0.6) is 0 Å². The van der Waals surface area contributed by atoms with Crippen LogP contribution >= 0.6 is 34.5 Å². The van der Waals surface area contributed by atoms with Gasteiger partial charge >= 0.3 is 5.97 Å². The lowest BCUT2D eigenvalue weighted by atomic mass is 10.2. The van der Waals surface area contributed by atoms with Gasteiger partial charge < -0.3 is 10.1 Å². The lowest BCUT2D eigenvalue weighted by molar-refractivity contribution is -0.154. The molecule has 0 saturated heterocycles. The van der Waals surface area contributed by atoms with Crippen molar-refractivity contribution in [1.29, 1.82) is 0 Å². The van der Waals surface area contributed by atoms with Crippen molar-refractivity contribution in [2.45, 2.75) is 26.4 Å². The van der Waals surface area contributed by atoms with E-state index in [4.69, 9.17) is 27.9 Å². The van der Waals surface area contributed by atoms with Gasteiger partial charge in [0.2, 0.25) is 0 Å². The number of halogens is 2. The molecule has 128 valence electrons. The number of likely N-dealkylation sites (N-methyl/N-ethyl adjacent to an activating group) is 1. The monoisotopic (exact) mass is 386 g/mol. The maximum atomic E-state index is 11.9. The predicted molar refractivity (Wildman–Crippen MR) is 95.5 cm³/mol. The third kappa shape index (κ3) is 4.69. The zero-order valence-corrected chi connectivity index (χ0v) is 15.5. The quantitative estimate of drug-likeness (QED) is 0.767. The van der Waals surface area contributed by atoms with Crippen molar-refractivity contribution in [1.82, 2.24) is 10.3 Å². The van der Waals surface area contributed by atoms with Crippen molar-refractivity contribution in [3.63, 3.8) is 0 Å². The SMILES string of the molecule is CCNC(=O)[C@@H](C)OC(=O)Cc1csc(-c2c(Cl)cccc2Cl)n1. The number of carbonyl (C=O) groups excluding carboxylic acids is 2. The molecule has 0 aliphatic heterocycles. The number of hydrogen-bond donors (Lipinski definition) is 1. The average Bonchev–Trinajstić information content (AvgIpc) is 2.95. The number of esters is 1. The van der Waals surface area contributed by atoms with Crippen LogP contribution in [0.25, 0.3) is 10.6 Å². The highest BCUT2D eigenvalue weighted by Crippen LogP contribution is 2.36. The molecular weight excluding hydrogens is 371 g/mol. The number of nitrogens with zero attached hydrogens (tertiary/aromatic N) is 1. The van der Waals surface area contributed by atoms with Gasteiger partial charge in [-0.3, -0.25) is 9.59 Å². The molecule has 24 heavy (non-hydrogen) atoms. The molecule has 0 unspecified atom stereocenters. The van der Waals surface area contributed by atoms with Crippen molar-refractivity contribution in [2.24, 2.45) is 0 Å². The predicted octanol–water partition coefficient (Wildman–Crippen LogP) is 3.73. The Hall–Kier alpha value is -1.63. The average molecular weight is 387 g/mol. The summed E-state index contributed by atoms with van der Waals surface area (Å²) >= 11 is 13.7. The zero-order valence-electron chi connectivity index (χ0n) is 13.1. The fourth-order valence-electron chi connectivity index (χ4n) is 1.96. The van der Waals surface area contributed by atoms with E-state index in [1.807, 2.05) is 0 Å². The Bertz CT molecular complexity index is 728. The van der Waals surface area contributed by atoms with E-state index < -0.39 is 12.1 Å². The van der Waals surface area contributed by atoms with E-state index in [9.17, 15) is 9.59 Å². The first-order valence-corrected chi connectivity index (χ1v) is 8.92. The van der Waals surface area contributed by atoms with E-state index in [0.717, 1.165) is 0 Å². The Labute approximate surface area is 153 Å². The molecule has 1 aromatic heterocycles. The molecule has 5 nitrogen and oxygen atoms in total. The van der Waals surface area contributed by atoms with Crippen molar-refractivity contribution in [3.05, 3.63) is 39.3 Å². The highest BCUT2D eigenvalue weighted by molar-refractivity contribution is 7.13. The first-order valence-electron chi connectivity index (χ1n) is 7.28. The van der Waals surface area contributed by atoms with E-state index in [2.05, 4.69) is 10.3 Å². The van der Waals surface area contributed by atoms with Gasteiger partial charge in [-0.25, -0.2) is 4.98 Å². The fraction of sp³-hybridized carbons (Fsp3) is 0.312.